The van der Waals surface area contributed by atoms with Crippen molar-refractivity contribution in [3.05, 3.63) is 56.4 Å². The maximum Gasteiger partial charge on any atom is 0.331 e. The molecule has 0 bridgehead atoms. The van der Waals surface area contributed by atoms with Crippen LogP contribution in [0.5, 0.6) is 0 Å². The van der Waals surface area contributed by atoms with Crippen LogP contribution in [0.1, 0.15) is 45.9 Å². The van der Waals surface area contributed by atoms with Gasteiger partial charge in [0.25, 0.3) is 5.56 Å². The zero-order valence-corrected chi connectivity index (χ0v) is 18.3. The van der Waals surface area contributed by atoms with Crippen molar-refractivity contribution in [3.8, 4) is 11.3 Å². The monoisotopic (exact) mass is 395 g/mol. The molecule has 0 radical (unpaired) electrons. The highest BCUT2D eigenvalue weighted by Crippen LogP contribution is 2.39. The largest absolute Gasteiger partial charge is 0.373 e. The highest BCUT2D eigenvalue weighted by Gasteiger charge is 2.35. The zero-order valence-electron chi connectivity index (χ0n) is 18.3. The van der Waals surface area contributed by atoms with Gasteiger partial charge in [-0.1, -0.05) is 45.0 Å². The van der Waals surface area contributed by atoms with Crippen LogP contribution in [0.15, 0.2) is 33.9 Å². The highest BCUT2D eigenvalue weighted by atomic mass is 16.5. The summed E-state index contributed by atoms with van der Waals surface area (Å²) >= 11 is 0. The van der Waals surface area contributed by atoms with Crippen molar-refractivity contribution in [2.45, 2.75) is 52.2 Å². The van der Waals surface area contributed by atoms with Gasteiger partial charge in [0, 0.05) is 14.1 Å². The van der Waals surface area contributed by atoms with E-state index >= 15 is 0 Å². The molecule has 3 heterocycles. The quantitative estimate of drug-likeness (QED) is 0.635. The van der Waals surface area contributed by atoms with E-state index in [1.54, 1.807) is 11.6 Å². The fourth-order valence-electron chi connectivity index (χ4n) is 4.41. The van der Waals surface area contributed by atoms with Crippen molar-refractivity contribution in [1.82, 2.24) is 13.7 Å². The van der Waals surface area contributed by atoms with Gasteiger partial charge in [0.05, 0.1) is 41.0 Å². The fourth-order valence-corrected chi connectivity index (χ4v) is 4.41. The molecule has 0 spiro atoms. The lowest BCUT2D eigenvalue weighted by Gasteiger charge is -2.35. The van der Waals surface area contributed by atoms with Gasteiger partial charge in [0.2, 0.25) is 0 Å². The summed E-state index contributed by atoms with van der Waals surface area (Å²) in [6.07, 6.45) is 0. The van der Waals surface area contributed by atoms with E-state index in [2.05, 4.69) is 63.5 Å². The topological polar surface area (TPSA) is 58.2 Å². The minimum atomic E-state index is -0.342. The number of fused-ring (bicyclic) bond motifs is 3. The molecule has 1 aliphatic heterocycles. The Morgan fingerprint density at radius 1 is 1.00 bits per heavy atom. The van der Waals surface area contributed by atoms with E-state index in [0.29, 0.717) is 24.1 Å². The van der Waals surface area contributed by atoms with E-state index in [9.17, 15) is 9.59 Å². The molecule has 0 unspecified atom stereocenters. The molecular weight excluding hydrogens is 366 g/mol. The fraction of sp³-hybridized carbons (Fsp3) is 0.478. The average Bonchev–Trinajstić information content (AvgIpc) is 3.00. The summed E-state index contributed by atoms with van der Waals surface area (Å²) in [6.45, 7) is 11.7. The number of benzene rings is 1. The first-order valence-corrected chi connectivity index (χ1v) is 9.97. The molecule has 0 N–H and O–H groups in total. The van der Waals surface area contributed by atoms with E-state index in [1.165, 1.54) is 17.2 Å². The van der Waals surface area contributed by atoms with Crippen LogP contribution in [0.25, 0.3) is 22.2 Å². The van der Waals surface area contributed by atoms with Gasteiger partial charge in [-0.05, 0) is 30.4 Å². The Bertz CT molecular complexity index is 1230. The van der Waals surface area contributed by atoms with Gasteiger partial charge in [0.15, 0.2) is 0 Å². The predicted molar refractivity (Wildman–Crippen MR) is 116 cm³/mol. The van der Waals surface area contributed by atoms with Gasteiger partial charge in [-0.15, -0.1) is 0 Å². The summed E-state index contributed by atoms with van der Waals surface area (Å²) in [4.78, 5) is 25.9. The lowest BCUT2D eigenvalue weighted by atomic mass is 9.86. The van der Waals surface area contributed by atoms with Crippen LogP contribution < -0.4 is 11.2 Å². The maximum absolute atomic E-state index is 13.2. The van der Waals surface area contributed by atoms with Gasteiger partial charge >= 0.3 is 5.69 Å². The van der Waals surface area contributed by atoms with Crippen molar-refractivity contribution in [2.24, 2.45) is 14.1 Å². The third kappa shape index (κ3) is 2.81. The van der Waals surface area contributed by atoms with E-state index in [4.69, 9.17) is 4.74 Å². The zero-order chi connectivity index (χ0) is 21.3. The summed E-state index contributed by atoms with van der Waals surface area (Å²) in [5.74, 6) is 0. The molecule has 1 aromatic carbocycles. The molecular formula is C23H29N3O3. The Morgan fingerprint density at radius 3 is 2.21 bits per heavy atom. The molecule has 4 rings (SSSR count). The lowest BCUT2D eigenvalue weighted by Crippen LogP contribution is -2.38. The first-order valence-electron chi connectivity index (χ1n) is 9.97. The predicted octanol–water partition coefficient (Wildman–Crippen LogP) is 3.27. The molecule has 2 aromatic heterocycles. The van der Waals surface area contributed by atoms with Crippen molar-refractivity contribution < 1.29 is 4.74 Å². The van der Waals surface area contributed by atoms with Crippen molar-refractivity contribution in [3.63, 3.8) is 0 Å². The molecule has 0 saturated heterocycles. The van der Waals surface area contributed by atoms with Crippen LogP contribution in [0.4, 0.5) is 0 Å². The van der Waals surface area contributed by atoms with E-state index in [-0.39, 0.29) is 22.2 Å². The Labute approximate surface area is 170 Å². The minimum absolute atomic E-state index is 0.0480. The second-order valence-corrected chi connectivity index (χ2v) is 9.69. The van der Waals surface area contributed by atoms with Crippen LogP contribution >= 0.6 is 0 Å². The molecule has 6 nitrogen and oxygen atoms in total. The molecule has 0 aliphatic carbocycles. The average molecular weight is 396 g/mol. The molecule has 29 heavy (non-hydrogen) atoms. The number of rotatable bonds is 1. The lowest BCUT2D eigenvalue weighted by molar-refractivity contribution is 0.0228. The molecule has 0 atom stereocenters. The third-order valence-corrected chi connectivity index (χ3v) is 5.99. The Hall–Kier alpha value is -2.60. The molecule has 154 valence electrons. The van der Waals surface area contributed by atoms with Crippen molar-refractivity contribution >= 4 is 10.9 Å². The van der Waals surface area contributed by atoms with E-state index < -0.39 is 0 Å². The molecule has 3 aromatic rings. The van der Waals surface area contributed by atoms with Gasteiger partial charge in [0.1, 0.15) is 0 Å². The second-order valence-electron chi connectivity index (χ2n) is 9.69. The number of aromatic nitrogens is 3. The summed E-state index contributed by atoms with van der Waals surface area (Å²) < 4.78 is 10.8. The minimum Gasteiger partial charge on any atom is -0.373 e. The first kappa shape index (κ1) is 19.7. The van der Waals surface area contributed by atoms with Gasteiger partial charge < -0.3 is 9.30 Å². The van der Waals surface area contributed by atoms with Crippen LogP contribution in [-0.4, -0.2) is 20.3 Å². The van der Waals surface area contributed by atoms with E-state index in [1.807, 2.05) is 0 Å². The summed E-state index contributed by atoms with van der Waals surface area (Å²) in [5.41, 5.74) is 3.73. The number of hydrogen-bond donors (Lipinski definition) is 0. The smallest absolute Gasteiger partial charge is 0.331 e. The number of ether oxygens (including phenoxy) is 1. The molecule has 0 saturated carbocycles. The van der Waals surface area contributed by atoms with Crippen LogP contribution in [0.3, 0.4) is 0 Å². The SMILES string of the molecule is Cn1c(=O)c2c(-c3ccc(C(C)(C)C)cc3)n3c(c2n(C)c1=O)COCC3(C)C. The normalized spacial score (nSPS) is 16.2. The Balaban J connectivity index is 2.17. The van der Waals surface area contributed by atoms with Crippen LogP contribution in [0, 0.1) is 0 Å². The number of nitrogens with zero attached hydrogens (tertiary/aromatic N) is 3. The van der Waals surface area contributed by atoms with Gasteiger partial charge in [-0.25, -0.2) is 4.79 Å². The maximum atomic E-state index is 13.2. The van der Waals surface area contributed by atoms with Gasteiger partial charge in [-0.2, -0.15) is 0 Å². The molecule has 6 heteroatoms. The van der Waals surface area contributed by atoms with Gasteiger partial charge in [-0.3, -0.25) is 13.9 Å². The first-order chi connectivity index (χ1) is 13.4. The highest BCUT2D eigenvalue weighted by molar-refractivity contribution is 5.96. The van der Waals surface area contributed by atoms with Crippen molar-refractivity contribution in [2.75, 3.05) is 6.61 Å². The Kier molecular flexibility index (Phi) is 4.21. The van der Waals surface area contributed by atoms with E-state index in [0.717, 1.165) is 17.0 Å². The summed E-state index contributed by atoms with van der Waals surface area (Å²) in [6, 6.07) is 8.41. The third-order valence-electron chi connectivity index (χ3n) is 5.99. The number of hydrogen-bond acceptors (Lipinski definition) is 3. The standard InChI is InChI=1S/C23H29N3O3/c1-22(2,3)15-10-8-14(9-11-15)18-17-19(24(6)21(28)25(7)20(17)27)16-12-29-13-23(4,5)26(16)18/h8-11H,12-13H2,1-7H3. The van der Waals surface area contributed by atoms with Crippen LogP contribution in [-0.2, 0) is 36.4 Å². The molecule has 1 aliphatic rings. The summed E-state index contributed by atoms with van der Waals surface area (Å²) in [5, 5.41) is 0.576. The van der Waals surface area contributed by atoms with Crippen molar-refractivity contribution in [1.29, 1.82) is 0 Å². The summed E-state index contributed by atoms with van der Waals surface area (Å²) in [7, 11) is 3.26. The molecule has 0 fully saturated rings. The number of aryl methyl sites for hydroxylation is 1. The second kappa shape index (κ2) is 6.20. The van der Waals surface area contributed by atoms with Crippen LogP contribution in [0.2, 0.25) is 0 Å². The Morgan fingerprint density at radius 2 is 1.62 bits per heavy atom. The molecule has 0 amide bonds.